The van der Waals surface area contributed by atoms with E-state index in [-0.39, 0.29) is 5.56 Å². The van der Waals surface area contributed by atoms with Crippen LogP contribution >= 0.6 is 0 Å². The lowest BCUT2D eigenvalue weighted by atomic mass is 9.82. The zero-order valence-electron chi connectivity index (χ0n) is 16.9. The first-order chi connectivity index (χ1) is 14.8. The summed E-state index contributed by atoms with van der Waals surface area (Å²) in [6.45, 7) is 2.25. The van der Waals surface area contributed by atoms with Crippen molar-refractivity contribution in [2.75, 3.05) is 13.1 Å². The van der Waals surface area contributed by atoms with Crippen molar-refractivity contribution in [1.29, 1.82) is 5.26 Å². The van der Waals surface area contributed by atoms with Crippen LogP contribution in [0.15, 0.2) is 18.2 Å². The van der Waals surface area contributed by atoms with Gasteiger partial charge in [-0.15, -0.1) is 0 Å². The summed E-state index contributed by atoms with van der Waals surface area (Å²) in [5.74, 6) is 1.48. The van der Waals surface area contributed by atoms with Crippen LogP contribution in [0.5, 0.6) is 0 Å². The fourth-order valence-corrected chi connectivity index (χ4v) is 5.73. The number of aryl methyl sites for hydroxylation is 1. The molecular weight excluding hydrogens is 410 g/mol. The summed E-state index contributed by atoms with van der Waals surface area (Å²) in [4.78, 5) is 6.58. The van der Waals surface area contributed by atoms with Gasteiger partial charge in [0.25, 0.3) is 0 Å². The number of halogens is 4. The molecule has 1 saturated heterocycles. The van der Waals surface area contributed by atoms with Crippen LogP contribution in [0.3, 0.4) is 0 Å². The Bertz CT molecular complexity index is 1010. The summed E-state index contributed by atoms with van der Waals surface area (Å²) >= 11 is 0. The van der Waals surface area contributed by atoms with Crippen molar-refractivity contribution in [3.05, 3.63) is 46.8 Å². The number of benzene rings is 1. The van der Waals surface area contributed by atoms with Gasteiger partial charge in [0.1, 0.15) is 11.6 Å². The Morgan fingerprint density at radius 2 is 1.87 bits per heavy atom. The normalized spacial score (nSPS) is 27.8. The monoisotopic (exact) mass is 433 g/mol. The van der Waals surface area contributed by atoms with Crippen molar-refractivity contribution in [3.8, 4) is 6.19 Å². The maximum absolute atomic E-state index is 14.6. The second-order valence-electron chi connectivity index (χ2n) is 9.01. The van der Waals surface area contributed by atoms with Crippen LogP contribution in [-0.2, 0) is 19.1 Å². The molecule has 5 nitrogen and oxygen atoms in total. The minimum atomic E-state index is -4.57. The third-order valence-electron chi connectivity index (χ3n) is 7.21. The molecule has 1 saturated carbocycles. The molecule has 31 heavy (non-hydrogen) atoms. The van der Waals surface area contributed by atoms with Gasteiger partial charge < -0.3 is 4.90 Å². The molecule has 0 amide bonds. The number of hydrogen-bond acceptors (Lipinski definition) is 4. The summed E-state index contributed by atoms with van der Waals surface area (Å²) in [5.41, 5.74) is -0.735. The molecule has 0 N–H and O–H groups in total. The zero-order valence-corrected chi connectivity index (χ0v) is 16.9. The Morgan fingerprint density at radius 1 is 1.13 bits per heavy atom. The molecule has 9 heteroatoms. The average Bonchev–Trinajstić information content (AvgIpc) is 3.23. The number of nitrogens with zero attached hydrogens (tertiary/aromatic N) is 5. The minimum absolute atomic E-state index is 0.246. The number of aromatic nitrogens is 3. The summed E-state index contributed by atoms with van der Waals surface area (Å²) in [7, 11) is 0. The second-order valence-corrected chi connectivity index (χ2v) is 9.01. The second kappa shape index (κ2) is 7.50. The predicted octanol–water partition coefficient (Wildman–Crippen LogP) is 4.34. The number of rotatable bonds is 3. The third-order valence-corrected chi connectivity index (χ3v) is 7.21. The Kier molecular flexibility index (Phi) is 4.91. The van der Waals surface area contributed by atoms with Crippen LogP contribution in [0.25, 0.3) is 0 Å². The van der Waals surface area contributed by atoms with Gasteiger partial charge in [-0.25, -0.2) is 14.1 Å². The van der Waals surface area contributed by atoms with Gasteiger partial charge in [0.2, 0.25) is 0 Å². The highest BCUT2D eigenvalue weighted by molar-refractivity contribution is 5.33. The SMILES string of the molecule is N#CN1C[C@H]2CC[C@@H](C1)C2Cc1nc2n(n1)CCCC2c1ccc(C(F)(F)F)cc1F. The standard InChI is InChI=1S/C22H23F4N5/c23-19-8-15(22(24,25)26)5-6-16(19)17-2-1-7-31-21(17)28-20(29-31)9-18-13-3-4-14(18)11-30(10-13)12-27/h5-6,8,13-14,17-18H,1-4,7,9-11H2/t13-,14+,17?,18?. The van der Waals surface area contributed by atoms with Gasteiger partial charge in [0.05, 0.1) is 5.56 Å². The smallest absolute Gasteiger partial charge is 0.310 e. The molecule has 2 fully saturated rings. The van der Waals surface area contributed by atoms with Gasteiger partial charge >= 0.3 is 6.18 Å². The molecule has 0 radical (unpaired) electrons. The molecule has 2 aliphatic heterocycles. The van der Waals surface area contributed by atoms with Gasteiger partial charge in [-0.05, 0) is 61.1 Å². The molecule has 4 atom stereocenters. The third kappa shape index (κ3) is 3.66. The number of piperidine rings is 1. The summed E-state index contributed by atoms with van der Waals surface area (Å²) < 4.78 is 55.2. The highest BCUT2D eigenvalue weighted by Crippen LogP contribution is 2.43. The van der Waals surface area contributed by atoms with Crippen LogP contribution in [0.4, 0.5) is 17.6 Å². The van der Waals surface area contributed by atoms with E-state index in [2.05, 4.69) is 11.3 Å². The Balaban J connectivity index is 1.39. The van der Waals surface area contributed by atoms with E-state index in [4.69, 9.17) is 4.98 Å². The van der Waals surface area contributed by atoms with Crippen LogP contribution in [0.1, 0.15) is 54.4 Å². The topological polar surface area (TPSA) is 57.7 Å². The van der Waals surface area contributed by atoms with E-state index in [9.17, 15) is 22.8 Å². The number of hydrogen-bond donors (Lipinski definition) is 0. The maximum atomic E-state index is 14.6. The van der Waals surface area contributed by atoms with Gasteiger partial charge in [-0.1, -0.05) is 6.07 Å². The summed E-state index contributed by atoms with van der Waals surface area (Å²) in [6, 6.07) is 2.76. The van der Waals surface area contributed by atoms with E-state index < -0.39 is 23.5 Å². The van der Waals surface area contributed by atoms with Gasteiger partial charge in [0, 0.05) is 32.0 Å². The van der Waals surface area contributed by atoms with E-state index in [1.54, 1.807) is 4.68 Å². The van der Waals surface area contributed by atoms with Gasteiger partial charge in [0.15, 0.2) is 12.0 Å². The Morgan fingerprint density at radius 3 is 2.52 bits per heavy atom. The lowest BCUT2D eigenvalue weighted by Crippen LogP contribution is -2.40. The predicted molar refractivity (Wildman–Crippen MR) is 103 cm³/mol. The number of alkyl halides is 3. The van der Waals surface area contributed by atoms with Gasteiger partial charge in [-0.2, -0.15) is 23.5 Å². The molecule has 164 valence electrons. The largest absolute Gasteiger partial charge is 0.416 e. The van der Waals surface area contributed by atoms with Crippen molar-refractivity contribution < 1.29 is 17.6 Å². The highest BCUT2D eigenvalue weighted by Gasteiger charge is 2.42. The molecule has 2 unspecified atom stereocenters. The molecule has 3 heterocycles. The van der Waals surface area contributed by atoms with E-state index in [1.807, 2.05) is 4.90 Å². The van der Waals surface area contributed by atoms with E-state index in [0.717, 1.165) is 50.7 Å². The molecule has 3 aliphatic rings. The van der Waals surface area contributed by atoms with Crippen LogP contribution in [0.2, 0.25) is 0 Å². The fraction of sp³-hybridized carbons (Fsp3) is 0.591. The minimum Gasteiger partial charge on any atom is -0.310 e. The maximum Gasteiger partial charge on any atom is 0.416 e. The van der Waals surface area contributed by atoms with Crippen molar-refractivity contribution in [2.24, 2.45) is 17.8 Å². The molecular formula is C22H23F4N5. The molecule has 2 aromatic rings. The molecule has 0 spiro atoms. The molecule has 2 bridgehead atoms. The Labute approximate surface area is 177 Å². The molecule has 5 rings (SSSR count). The number of nitriles is 1. The van der Waals surface area contributed by atoms with Gasteiger partial charge in [-0.3, -0.25) is 0 Å². The molecule has 1 aliphatic carbocycles. The van der Waals surface area contributed by atoms with Crippen molar-refractivity contribution in [2.45, 2.75) is 50.7 Å². The fourth-order valence-electron chi connectivity index (χ4n) is 5.73. The quantitative estimate of drug-likeness (QED) is 0.534. The van der Waals surface area contributed by atoms with E-state index >= 15 is 0 Å². The van der Waals surface area contributed by atoms with Crippen molar-refractivity contribution in [1.82, 2.24) is 19.7 Å². The highest BCUT2D eigenvalue weighted by atomic mass is 19.4. The lowest BCUT2D eigenvalue weighted by molar-refractivity contribution is -0.137. The molecule has 1 aromatic heterocycles. The van der Waals surface area contributed by atoms with Crippen molar-refractivity contribution >= 4 is 0 Å². The van der Waals surface area contributed by atoms with E-state index in [1.165, 1.54) is 6.07 Å². The summed E-state index contributed by atoms with van der Waals surface area (Å²) in [5, 5.41) is 13.9. The first-order valence-corrected chi connectivity index (χ1v) is 10.8. The zero-order chi connectivity index (χ0) is 21.8. The first-order valence-electron chi connectivity index (χ1n) is 10.8. The lowest BCUT2D eigenvalue weighted by Gasteiger charge is -2.34. The number of fused-ring (bicyclic) bond motifs is 3. The van der Waals surface area contributed by atoms with Crippen LogP contribution in [0, 0.1) is 35.0 Å². The number of likely N-dealkylation sites (tertiary alicyclic amines) is 1. The Hall–Kier alpha value is -2.63. The summed E-state index contributed by atoms with van der Waals surface area (Å²) in [6.07, 6.45) is 2.05. The van der Waals surface area contributed by atoms with Crippen LogP contribution in [-0.4, -0.2) is 32.8 Å². The van der Waals surface area contributed by atoms with Crippen LogP contribution < -0.4 is 0 Å². The molecule has 1 aromatic carbocycles. The van der Waals surface area contributed by atoms with Crippen molar-refractivity contribution in [3.63, 3.8) is 0 Å². The average molecular weight is 433 g/mol. The van der Waals surface area contributed by atoms with E-state index in [0.29, 0.717) is 42.6 Å². The first kappa shape index (κ1) is 20.3.